The molecule has 0 aromatic heterocycles. The van der Waals surface area contributed by atoms with E-state index in [0.717, 1.165) is 17.0 Å². The van der Waals surface area contributed by atoms with Crippen molar-refractivity contribution in [1.82, 2.24) is 4.90 Å². The Morgan fingerprint density at radius 1 is 1.32 bits per heavy atom. The lowest BCUT2D eigenvalue weighted by molar-refractivity contribution is -0.137. The molecule has 1 aliphatic carbocycles. The van der Waals surface area contributed by atoms with Crippen LogP contribution in [0.1, 0.15) is 18.4 Å². The summed E-state index contributed by atoms with van der Waals surface area (Å²) in [4.78, 5) is 26.9. The molecule has 0 radical (unpaired) electrons. The van der Waals surface area contributed by atoms with Gasteiger partial charge in [0.05, 0.1) is 24.4 Å². The quantitative estimate of drug-likeness (QED) is 0.592. The lowest BCUT2D eigenvalue weighted by atomic mass is 10.1. The number of morpholine rings is 1. The molecule has 1 saturated carbocycles. The van der Waals surface area contributed by atoms with E-state index in [1.165, 1.54) is 11.0 Å². The molecule has 12 heteroatoms. The second kappa shape index (κ2) is 9.45. The number of carbonyl (C=O) groups is 2. The lowest BCUT2D eigenvalue weighted by Gasteiger charge is -2.30. The third kappa shape index (κ3) is 5.69. The van der Waals surface area contributed by atoms with E-state index in [-0.39, 0.29) is 43.7 Å². The van der Waals surface area contributed by atoms with E-state index in [0.29, 0.717) is 12.8 Å². The van der Waals surface area contributed by atoms with E-state index in [1.807, 2.05) is 0 Å². The van der Waals surface area contributed by atoms with Crippen LogP contribution in [0, 0.1) is 0 Å². The average Bonchev–Trinajstić information content (AvgIpc) is 3.52. The third-order valence-electron chi connectivity index (χ3n) is 5.14. The van der Waals surface area contributed by atoms with Crippen molar-refractivity contribution in [3.63, 3.8) is 0 Å². The topological polar surface area (TPSA) is 87.9 Å². The summed E-state index contributed by atoms with van der Waals surface area (Å²) in [7, 11) is 0. The number of halogens is 5. The van der Waals surface area contributed by atoms with Gasteiger partial charge in [0.1, 0.15) is 12.6 Å². The largest absolute Gasteiger partial charge is 0.418 e. The molecule has 1 aromatic carbocycles. The fraction of sp³-hybridized carbons (Fsp3) is 0.579. The lowest BCUT2D eigenvalue weighted by Crippen LogP contribution is -2.51. The average molecular weight is 450 g/mol. The van der Waals surface area contributed by atoms with Crippen molar-refractivity contribution in [2.75, 3.05) is 43.1 Å². The van der Waals surface area contributed by atoms with Gasteiger partial charge < -0.3 is 20.7 Å². The van der Waals surface area contributed by atoms with Crippen LogP contribution in [0.4, 0.5) is 33.3 Å². The van der Waals surface area contributed by atoms with Crippen LogP contribution in [0.2, 0.25) is 0 Å². The van der Waals surface area contributed by atoms with Gasteiger partial charge in [-0.1, -0.05) is 0 Å². The third-order valence-corrected chi connectivity index (χ3v) is 5.14. The fourth-order valence-corrected chi connectivity index (χ4v) is 3.56. The van der Waals surface area contributed by atoms with Gasteiger partial charge in [-0.05, 0) is 31.0 Å². The minimum absolute atomic E-state index is 0.0349. The van der Waals surface area contributed by atoms with Crippen molar-refractivity contribution in [3.05, 3.63) is 23.8 Å². The minimum atomic E-state index is -4.79. The van der Waals surface area contributed by atoms with Crippen molar-refractivity contribution in [1.29, 1.82) is 0 Å². The molecule has 1 heterocycles. The molecule has 1 atom stereocenters. The van der Waals surface area contributed by atoms with Crippen LogP contribution in [0.25, 0.3) is 0 Å². The van der Waals surface area contributed by atoms with Crippen LogP contribution >= 0.6 is 0 Å². The van der Waals surface area contributed by atoms with Crippen LogP contribution in [0.15, 0.2) is 18.2 Å². The summed E-state index contributed by atoms with van der Waals surface area (Å²) in [6, 6.07) is 1.74. The van der Waals surface area contributed by atoms with E-state index in [1.54, 1.807) is 0 Å². The highest BCUT2D eigenvalue weighted by molar-refractivity contribution is 5.98. The number of ether oxygens (including phenoxy) is 1. The predicted octanol–water partition coefficient (Wildman–Crippen LogP) is 2.06. The summed E-state index contributed by atoms with van der Waals surface area (Å²) < 4.78 is 71.8. The number of alkyl halides is 5. The summed E-state index contributed by atoms with van der Waals surface area (Å²) in [6.45, 7) is -1.17. The zero-order valence-corrected chi connectivity index (χ0v) is 16.5. The standard InChI is InChI=1S/C19H23F5N4O3/c20-16(21)9-28(12-2-3-12)15(8-25)18(30)26-11-1-4-14(13(7-11)19(22,23)24)27-5-6-31-10-17(27)29/h1,4,7,12,15-16H,2-3,5-6,8-10,25H2,(H,26,30)/t15-/m1/s1. The first-order valence-electron chi connectivity index (χ1n) is 9.76. The Hall–Kier alpha value is -2.31. The Morgan fingerprint density at radius 3 is 2.58 bits per heavy atom. The van der Waals surface area contributed by atoms with Gasteiger partial charge >= 0.3 is 6.18 Å². The van der Waals surface area contributed by atoms with Gasteiger partial charge in [-0.15, -0.1) is 0 Å². The van der Waals surface area contributed by atoms with E-state index < -0.39 is 42.6 Å². The Balaban J connectivity index is 1.83. The maximum atomic E-state index is 13.7. The van der Waals surface area contributed by atoms with E-state index in [2.05, 4.69) is 5.32 Å². The summed E-state index contributed by atoms with van der Waals surface area (Å²) in [6.07, 6.45) is -6.17. The second-order valence-corrected chi connectivity index (χ2v) is 7.39. The fourth-order valence-electron chi connectivity index (χ4n) is 3.56. The highest BCUT2D eigenvalue weighted by atomic mass is 19.4. The van der Waals surface area contributed by atoms with Crippen molar-refractivity contribution in [2.24, 2.45) is 5.73 Å². The van der Waals surface area contributed by atoms with E-state index in [9.17, 15) is 31.5 Å². The molecule has 3 N–H and O–H groups in total. The van der Waals surface area contributed by atoms with Gasteiger partial charge in [0.15, 0.2) is 0 Å². The molecule has 0 unspecified atom stereocenters. The van der Waals surface area contributed by atoms with Gasteiger partial charge in [-0.2, -0.15) is 13.2 Å². The molecule has 7 nitrogen and oxygen atoms in total. The molecule has 0 bridgehead atoms. The van der Waals surface area contributed by atoms with Crippen LogP contribution in [0.3, 0.4) is 0 Å². The predicted molar refractivity (Wildman–Crippen MR) is 102 cm³/mol. The van der Waals surface area contributed by atoms with Crippen molar-refractivity contribution >= 4 is 23.2 Å². The number of nitrogens with zero attached hydrogens (tertiary/aromatic N) is 2. The van der Waals surface area contributed by atoms with Gasteiger partial charge in [0.25, 0.3) is 12.3 Å². The monoisotopic (exact) mass is 450 g/mol. The molecule has 1 saturated heterocycles. The highest BCUT2D eigenvalue weighted by Gasteiger charge is 2.39. The first-order chi connectivity index (χ1) is 14.6. The number of rotatable bonds is 8. The zero-order valence-electron chi connectivity index (χ0n) is 16.5. The number of nitrogens with two attached hydrogens (primary N) is 1. The summed E-state index contributed by atoms with van der Waals surface area (Å²) in [5.74, 6) is -1.37. The van der Waals surface area contributed by atoms with E-state index >= 15 is 0 Å². The van der Waals surface area contributed by atoms with Gasteiger partial charge in [0, 0.05) is 24.8 Å². The second-order valence-electron chi connectivity index (χ2n) is 7.39. The molecule has 1 aliphatic heterocycles. The van der Waals surface area contributed by atoms with Crippen LogP contribution < -0.4 is 16.0 Å². The van der Waals surface area contributed by atoms with Crippen LogP contribution in [-0.2, 0) is 20.5 Å². The minimum Gasteiger partial charge on any atom is -0.370 e. The maximum Gasteiger partial charge on any atom is 0.418 e. The number of hydrogen-bond donors (Lipinski definition) is 2. The molecular formula is C19H23F5N4O3. The van der Waals surface area contributed by atoms with Gasteiger partial charge in [-0.3, -0.25) is 14.5 Å². The molecule has 1 aromatic rings. The molecule has 2 fully saturated rings. The van der Waals surface area contributed by atoms with Gasteiger partial charge in [0.2, 0.25) is 5.91 Å². The molecule has 2 aliphatic rings. The first-order valence-corrected chi connectivity index (χ1v) is 9.76. The first kappa shape index (κ1) is 23.4. The number of hydrogen-bond acceptors (Lipinski definition) is 5. The Kier molecular flexibility index (Phi) is 7.12. The van der Waals surface area contributed by atoms with Crippen molar-refractivity contribution < 1.29 is 36.3 Å². The SMILES string of the molecule is NC[C@H](C(=O)Nc1ccc(N2CCOCC2=O)c(C(F)(F)F)c1)N(CC(F)F)C1CC1. The van der Waals surface area contributed by atoms with E-state index in [4.69, 9.17) is 10.5 Å². The molecule has 3 rings (SSSR count). The Morgan fingerprint density at radius 2 is 2.03 bits per heavy atom. The molecule has 2 amide bonds. The molecule has 172 valence electrons. The van der Waals surface area contributed by atoms with Crippen molar-refractivity contribution in [3.8, 4) is 0 Å². The molecule has 0 spiro atoms. The Bertz CT molecular complexity index is 816. The number of carbonyl (C=O) groups excluding carboxylic acids is 2. The number of amides is 2. The van der Waals surface area contributed by atoms with Crippen molar-refractivity contribution in [2.45, 2.75) is 37.5 Å². The van der Waals surface area contributed by atoms with Crippen LogP contribution in [0.5, 0.6) is 0 Å². The Labute approximate surface area is 175 Å². The smallest absolute Gasteiger partial charge is 0.370 e. The normalized spacial score (nSPS) is 18.6. The maximum absolute atomic E-state index is 13.7. The number of nitrogens with one attached hydrogen (secondary N) is 1. The highest BCUT2D eigenvalue weighted by Crippen LogP contribution is 2.39. The summed E-state index contributed by atoms with van der Waals surface area (Å²) >= 11 is 0. The zero-order chi connectivity index (χ0) is 22.8. The summed E-state index contributed by atoms with van der Waals surface area (Å²) in [5, 5.41) is 2.35. The van der Waals surface area contributed by atoms with Gasteiger partial charge in [-0.25, -0.2) is 8.78 Å². The van der Waals surface area contributed by atoms with Crippen LogP contribution in [-0.4, -0.2) is 68.1 Å². The molecular weight excluding hydrogens is 427 g/mol. The number of benzene rings is 1. The number of anilines is 2. The molecule has 31 heavy (non-hydrogen) atoms. The summed E-state index contributed by atoms with van der Waals surface area (Å²) in [5.41, 5.74) is 4.01.